The summed E-state index contributed by atoms with van der Waals surface area (Å²) in [7, 11) is 0. The molecule has 0 rings (SSSR count). The zero-order valence-electron chi connectivity index (χ0n) is 37.4. The summed E-state index contributed by atoms with van der Waals surface area (Å²) in [5.74, 6) is -0.574. The molecule has 3 N–H and O–H groups in total. The number of hydrogen-bond donors (Lipinski definition) is 3. The summed E-state index contributed by atoms with van der Waals surface area (Å²) in [6.07, 6.45) is 58.9. The van der Waals surface area contributed by atoms with Gasteiger partial charge in [0.2, 0.25) is 5.91 Å². The lowest BCUT2D eigenvalue weighted by molar-refractivity contribution is -0.151. The van der Waals surface area contributed by atoms with Crippen LogP contribution in [0.5, 0.6) is 0 Å². The molecule has 0 heterocycles. The van der Waals surface area contributed by atoms with Gasteiger partial charge >= 0.3 is 5.97 Å². The van der Waals surface area contributed by atoms with E-state index in [1.54, 1.807) is 0 Å². The number of unbranched alkanes of at least 4 members (excludes halogenated alkanes) is 18. The number of aliphatic hydroxyl groups excluding tert-OH is 2. The predicted molar refractivity (Wildman–Crippen MR) is 250 cm³/mol. The number of allylic oxidation sites excluding steroid dienone is 16. The Kier molecular flexibility index (Phi) is 42.4. The second kappa shape index (κ2) is 44.9. The van der Waals surface area contributed by atoms with Gasteiger partial charge in [0.15, 0.2) is 0 Å². The van der Waals surface area contributed by atoms with Gasteiger partial charge in [-0.15, -0.1) is 0 Å². The molecule has 58 heavy (non-hydrogen) atoms. The number of nitrogens with one attached hydrogen (secondary N) is 1. The standard InChI is InChI=1S/C52H87NO5/c1-4-7-10-13-16-19-21-23-25-27-29-32-34-37-40-43-48(46-51(56)53-49(47-54)50(55)44-41-38-35-31-18-15-12-9-6-3)58-52(57)45-42-39-36-33-30-28-26-24-22-20-17-14-11-8-5-2/h7,10,13,16-17,19-25,27,29,32,34,48-50,54-55H,4-6,8-9,11-12,14-15,18,26,28,30-31,33,35-47H2,1-3H3,(H,53,56)/b10-7-,16-13+,20-17+,21-19+,24-22+,25-23-,29-27+,34-32+. The first-order valence-electron chi connectivity index (χ1n) is 23.6. The summed E-state index contributed by atoms with van der Waals surface area (Å²) in [4.78, 5) is 26.0. The van der Waals surface area contributed by atoms with Crippen LogP contribution in [0.1, 0.15) is 194 Å². The minimum atomic E-state index is -0.813. The van der Waals surface area contributed by atoms with Gasteiger partial charge in [-0.25, -0.2) is 0 Å². The maximum atomic E-state index is 13.1. The van der Waals surface area contributed by atoms with E-state index in [-0.39, 0.29) is 24.9 Å². The fourth-order valence-electron chi connectivity index (χ4n) is 6.52. The van der Waals surface area contributed by atoms with Crippen LogP contribution in [0.15, 0.2) is 97.2 Å². The molecule has 0 aliphatic rings. The second-order valence-corrected chi connectivity index (χ2v) is 15.6. The van der Waals surface area contributed by atoms with Gasteiger partial charge in [-0.2, -0.15) is 0 Å². The van der Waals surface area contributed by atoms with Gasteiger partial charge in [0.25, 0.3) is 0 Å². The average Bonchev–Trinajstić information content (AvgIpc) is 3.22. The van der Waals surface area contributed by atoms with Crippen molar-refractivity contribution in [2.75, 3.05) is 6.61 Å². The first-order chi connectivity index (χ1) is 28.5. The molecule has 0 fully saturated rings. The summed E-state index contributed by atoms with van der Waals surface area (Å²) < 4.78 is 5.87. The predicted octanol–water partition coefficient (Wildman–Crippen LogP) is 13.8. The summed E-state index contributed by atoms with van der Waals surface area (Å²) in [6, 6.07) is -0.732. The number of carbonyl (C=O) groups excluding carboxylic acids is 2. The van der Waals surface area contributed by atoms with E-state index in [1.165, 1.54) is 83.5 Å². The van der Waals surface area contributed by atoms with E-state index in [0.29, 0.717) is 19.3 Å². The molecular formula is C52H87NO5. The SMILES string of the molecule is CC\C=C/C=C/C=C/C=C\C=C\C=C\CCCC(CC(=O)NC(CO)C(O)CCCCCCCCCCC)OC(=O)CCCCCCCC/C=C/C=C/CCCCC. The molecule has 0 aromatic heterocycles. The first-order valence-corrected chi connectivity index (χ1v) is 23.6. The maximum Gasteiger partial charge on any atom is 0.306 e. The number of esters is 1. The number of rotatable bonds is 40. The van der Waals surface area contributed by atoms with Gasteiger partial charge in [-0.1, -0.05) is 214 Å². The fourth-order valence-corrected chi connectivity index (χ4v) is 6.52. The van der Waals surface area contributed by atoms with Crippen molar-refractivity contribution >= 4 is 11.9 Å². The number of hydrogen-bond acceptors (Lipinski definition) is 5. The highest BCUT2D eigenvalue weighted by Gasteiger charge is 2.24. The van der Waals surface area contributed by atoms with Crippen LogP contribution >= 0.6 is 0 Å². The number of carbonyl (C=O) groups is 2. The van der Waals surface area contributed by atoms with E-state index in [1.807, 2.05) is 60.8 Å². The summed E-state index contributed by atoms with van der Waals surface area (Å²) in [6.45, 7) is 6.24. The molecular weight excluding hydrogens is 719 g/mol. The van der Waals surface area contributed by atoms with Gasteiger partial charge < -0.3 is 20.3 Å². The van der Waals surface area contributed by atoms with Crippen molar-refractivity contribution in [3.05, 3.63) is 97.2 Å². The lowest BCUT2D eigenvalue weighted by Gasteiger charge is -2.24. The van der Waals surface area contributed by atoms with E-state index in [4.69, 9.17) is 4.74 Å². The zero-order chi connectivity index (χ0) is 42.4. The third kappa shape index (κ3) is 39.6. The monoisotopic (exact) mass is 806 g/mol. The van der Waals surface area contributed by atoms with E-state index >= 15 is 0 Å². The van der Waals surface area contributed by atoms with Crippen LogP contribution in [-0.4, -0.2) is 46.9 Å². The second-order valence-electron chi connectivity index (χ2n) is 15.6. The molecule has 6 heteroatoms. The largest absolute Gasteiger partial charge is 0.462 e. The quantitative estimate of drug-likeness (QED) is 0.0326. The molecule has 0 aliphatic heterocycles. The third-order valence-electron chi connectivity index (χ3n) is 10.1. The molecule has 0 saturated heterocycles. The van der Waals surface area contributed by atoms with Crippen molar-refractivity contribution in [1.29, 1.82) is 0 Å². The Morgan fingerprint density at radius 1 is 0.517 bits per heavy atom. The molecule has 0 radical (unpaired) electrons. The minimum Gasteiger partial charge on any atom is -0.462 e. The van der Waals surface area contributed by atoms with Crippen LogP contribution in [-0.2, 0) is 14.3 Å². The molecule has 3 atom stereocenters. The van der Waals surface area contributed by atoms with Crippen molar-refractivity contribution in [1.82, 2.24) is 5.32 Å². The van der Waals surface area contributed by atoms with Crippen LogP contribution in [0.3, 0.4) is 0 Å². The number of aliphatic hydroxyl groups is 2. The Labute approximate surface area is 356 Å². The summed E-state index contributed by atoms with van der Waals surface area (Å²) >= 11 is 0. The Morgan fingerprint density at radius 3 is 1.50 bits per heavy atom. The molecule has 0 spiro atoms. The van der Waals surface area contributed by atoms with E-state index in [2.05, 4.69) is 62.5 Å². The molecule has 1 amide bonds. The lowest BCUT2D eigenvalue weighted by atomic mass is 10.0. The molecule has 0 aliphatic carbocycles. The summed E-state index contributed by atoms with van der Waals surface area (Å²) in [5.41, 5.74) is 0. The van der Waals surface area contributed by atoms with Crippen molar-refractivity contribution < 1.29 is 24.5 Å². The van der Waals surface area contributed by atoms with Crippen LogP contribution in [0.4, 0.5) is 0 Å². The van der Waals surface area contributed by atoms with Crippen LogP contribution in [0.25, 0.3) is 0 Å². The van der Waals surface area contributed by atoms with E-state index in [9.17, 15) is 19.8 Å². The Hall–Kier alpha value is -3.22. The Balaban J connectivity index is 4.80. The smallest absolute Gasteiger partial charge is 0.306 e. The highest BCUT2D eigenvalue weighted by Crippen LogP contribution is 2.16. The molecule has 330 valence electrons. The van der Waals surface area contributed by atoms with E-state index in [0.717, 1.165) is 64.2 Å². The van der Waals surface area contributed by atoms with Gasteiger partial charge in [-0.3, -0.25) is 9.59 Å². The van der Waals surface area contributed by atoms with Crippen molar-refractivity contribution in [2.24, 2.45) is 0 Å². The molecule has 3 unspecified atom stereocenters. The molecule has 0 saturated carbocycles. The van der Waals surface area contributed by atoms with Crippen molar-refractivity contribution in [2.45, 2.75) is 212 Å². The minimum absolute atomic E-state index is 0.0160. The molecule has 0 aromatic rings. The number of amides is 1. The molecule has 6 nitrogen and oxygen atoms in total. The number of ether oxygens (including phenoxy) is 1. The maximum absolute atomic E-state index is 13.1. The van der Waals surface area contributed by atoms with Crippen LogP contribution < -0.4 is 5.32 Å². The van der Waals surface area contributed by atoms with Crippen molar-refractivity contribution in [3.63, 3.8) is 0 Å². The Morgan fingerprint density at radius 2 is 0.948 bits per heavy atom. The zero-order valence-corrected chi connectivity index (χ0v) is 37.4. The fraction of sp³-hybridized carbons (Fsp3) is 0.654. The highest BCUT2D eigenvalue weighted by molar-refractivity contribution is 5.77. The van der Waals surface area contributed by atoms with E-state index < -0.39 is 18.2 Å². The first kappa shape index (κ1) is 54.8. The van der Waals surface area contributed by atoms with Crippen LogP contribution in [0.2, 0.25) is 0 Å². The van der Waals surface area contributed by atoms with Crippen molar-refractivity contribution in [3.8, 4) is 0 Å². The summed E-state index contributed by atoms with van der Waals surface area (Å²) in [5, 5.41) is 23.6. The highest BCUT2D eigenvalue weighted by atomic mass is 16.5. The topological polar surface area (TPSA) is 95.9 Å². The van der Waals surface area contributed by atoms with Crippen LogP contribution in [0, 0.1) is 0 Å². The molecule has 0 aromatic carbocycles. The van der Waals surface area contributed by atoms with Gasteiger partial charge in [0, 0.05) is 6.42 Å². The third-order valence-corrected chi connectivity index (χ3v) is 10.1. The molecule has 0 bridgehead atoms. The van der Waals surface area contributed by atoms with Gasteiger partial charge in [-0.05, 0) is 64.2 Å². The normalized spacial score (nSPS) is 14.2. The lowest BCUT2D eigenvalue weighted by Crippen LogP contribution is -2.46. The van der Waals surface area contributed by atoms with Gasteiger partial charge in [0.1, 0.15) is 6.10 Å². The Bertz CT molecular complexity index is 1180. The van der Waals surface area contributed by atoms with Gasteiger partial charge in [0.05, 0.1) is 25.2 Å². The average molecular weight is 806 g/mol.